The van der Waals surface area contributed by atoms with Crippen molar-refractivity contribution in [1.82, 2.24) is 9.80 Å². The highest BCUT2D eigenvalue weighted by Crippen LogP contribution is 2.00. The lowest BCUT2D eigenvalue weighted by Gasteiger charge is -2.27. The third-order valence-electron chi connectivity index (χ3n) is 3.04. The van der Waals surface area contributed by atoms with E-state index in [9.17, 15) is 0 Å². The first-order valence-corrected chi connectivity index (χ1v) is 6.09. The lowest BCUT2D eigenvalue weighted by molar-refractivity contribution is 0.211. The standard InChI is InChI=1S/C13H26N4/c1-12(2)16(4)10-11-17(5)13(3)8-6-7-9-15-14/h6-9,12-14H,10-11H2,1-5H3/b8-6+,9-7-,15-14?. The van der Waals surface area contributed by atoms with Gasteiger partial charge in [-0.3, -0.25) is 4.90 Å². The summed E-state index contributed by atoms with van der Waals surface area (Å²) in [7, 11) is 4.28. The fourth-order valence-corrected chi connectivity index (χ4v) is 1.24. The number of hydrogen-bond acceptors (Lipinski definition) is 4. The van der Waals surface area contributed by atoms with E-state index in [1.807, 2.05) is 6.08 Å². The molecule has 0 saturated heterocycles. The number of nitrogens with zero attached hydrogens (tertiary/aromatic N) is 3. The van der Waals surface area contributed by atoms with Crippen LogP contribution in [0, 0.1) is 5.53 Å². The van der Waals surface area contributed by atoms with Gasteiger partial charge in [0.15, 0.2) is 0 Å². The highest BCUT2D eigenvalue weighted by Gasteiger charge is 2.08. The van der Waals surface area contributed by atoms with Gasteiger partial charge in [-0.2, -0.15) is 5.11 Å². The third kappa shape index (κ3) is 7.82. The van der Waals surface area contributed by atoms with Gasteiger partial charge in [-0.25, -0.2) is 5.53 Å². The smallest absolute Gasteiger partial charge is 0.0488 e. The summed E-state index contributed by atoms with van der Waals surface area (Å²) in [4.78, 5) is 4.65. The summed E-state index contributed by atoms with van der Waals surface area (Å²) < 4.78 is 0. The Kier molecular flexibility index (Phi) is 8.54. The number of rotatable bonds is 8. The molecule has 0 aliphatic rings. The van der Waals surface area contributed by atoms with Crippen molar-refractivity contribution in [2.75, 3.05) is 27.2 Å². The molecular weight excluding hydrogens is 212 g/mol. The van der Waals surface area contributed by atoms with Crippen molar-refractivity contribution >= 4 is 0 Å². The van der Waals surface area contributed by atoms with Crippen LogP contribution in [0.5, 0.6) is 0 Å². The zero-order valence-corrected chi connectivity index (χ0v) is 11.7. The van der Waals surface area contributed by atoms with Crippen LogP contribution in [-0.2, 0) is 0 Å². The molecule has 0 aliphatic carbocycles. The summed E-state index contributed by atoms with van der Waals surface area (Å²) >= 11 is 0. The van der Waals surface area contributed by atoms with Crippen molar-refractivity contribution in [3.05, 3.63) is 24.4 Å². The van der Waals surface area contributed by atoms with E-state index in [0.29, 0.717) is 12.1 Å². The molecule has 0 aromatic carbocycles. The maximum Gasteiger partial charge on any atom is 0.0488 e. The van der Waals surface area contributed by atoms with Crippen LogP contribution >= 0.6 is 0 Å². The molecule has 4 nitrogen and oxygen atoms in total. The fourth-order valence-electron chi connectivity index (χ4n) is 1.24. The average Bonchev–Trinajstić information content (AvgIpc) is 2.30. The van der Waals surface area contributed by atoms with Gasteiger partial charge in [-0.05, 0) is 40.9 Å². The molecule has 0 aromatic heterocycles. The van der Waals surface area contributed by atoms with E-state index in [2.05, 4.69) is 55.9 Å². The van der Waals surface area contributed by atoms with E-state index in [1.54, 1.807) is 6.08 Å². The second-order valence-corrected chi connectivity index (χ2v) is 4.65. The second-order valence-electron chi connectivity index (χ2n) is 4.65. The molecule has 0 rings (SSSR count). The van der Waals surface area contributed by atoms with E-state index >= 15 is 0 Å². The molecule has 0 spiro atoms. The van der Waals surface area contributed by atoms with E-state index in [4.69, 9.17) is 5.53 Å². The molecular formula is C13H26N4. The molecule has 0 amide bonds. The van der Waals surface area contributed by atoms with Crippen molar-refractivity contribution < 1.29 is 0 Å². The number of nitrogens with one attached hydrogen (secondary N) is 1. The van der Waals surface area contributed by atoms with Gasteiger partial charge in [-0.15, -0.1) is 0 Å². The van der Waals surface area contributed by atoms with Gasteiger partial charge in [0.25, 0.3) is 0 Å². The Morgan fingerprint density at radius 2 is 1.65 bits per heavy atom. The van der Waals surface area contributed by atoms with Gasteiger partial charge in [0.05, 0.1) is 0 Å². The summed E-state index contributed by atoms with van der Waals surface area (Å²) in [5.41, 5.74) is 6.61. The Hall–Kier alpha value is -1.00. The molecule has 0 bridgehead atoms. The first kappa shape index (κ1) is 16.0. The monoisotopic (exact) mass is 238 g/mol. The van der Waals surface area contributed by atoms with Crippen LogP contribution in [0.15, 0.2) is 29.5 Å². The van der Waals surface area contributed by atoms with Gasteiger partial charge < -0.3 is 4.90 Å². The van der Waals surface area contributed by atoms with E-state index < -0.39 is 0 Å². The number of likely N-dealkylation sites (N-methyl/N-ethyl adjacent to an activating group) is 2. The highest BCUT2D eigenvalue weighted by atomic mass is 15.2. The predicted octanol–water partition coefficient (Wildman–Crippen LogP) is 2.75. The zero-order chi connectivity index (χ0) is 13.3. The fraction of sp³-hybridized carbons (Fsp3) is 0.692. The Morgan fingerprint density at radius 1 is 1.06 bits per heavy atom. The van der Waals surface area contributed by atoms with Gasteiger partial charge in [0, 0.05) is 31.4 Å². The minimum Gasteiger partial charge on any atom is -0.303 e. The van der Waals surface area contributed by atoms with Crippen molar-refractivity contribution in [2.24, 2.45) is 5.11 Å². The Balaban J connectivity index is 3.96. The largest absolute Gasteiger partial charge is 0.303 e. The lowest BCUT2D eigenvalue weighted by Crippen LogP contribution is -2.37. The molecule has 1 N–H and O–H groups in total. The average molecular weight is 238 g/mol. The molecule has 17 heavy (non-hydrogen) atoms. The summed E-state index contributed by atoms with van der Waals surface area (Å²) in [6, 6.07) is 0.988. The molecule has 4 heteroatoms. The van der Waals surface area contributed by atoms with Crippen LogP contribution in [-0.4, -0.2) is 49.1 Å². The van der Waals surface area contributed by atoms with E-state index in [1.165, 1.54) is 6.20 Å². The molecule has 1 atom stereocenters. The van der Waals surface area contributed by atoms with Crippen LogP contribution in [0.1, 0.15) is 20.8 Å². The molecule has 0 radical (unpaired) electrons. The van der Waals surface area contributed by atoms with Crippen molar-refractivity contribution in [1.29, 1.82) is 5.53 Å². The second kappa shape index (κ2) is 9.07. The Bertz CT molecular complexity index is 258. The van der Waals surface area contributed by atoms with Gasteiger partial charge in [0.2, 0.25) is 0 Å². The minimum absolute atomic E-state index is 0.394. The summed E-state index contributed by atoms with van der Waals surface area (Å²) in [6.45, 7) is 8.70. The van der Waals surface area contributed by atoms with Crippen molar-refractivity contribution in [3.8, 4) is 0 Å². The van der Waals surface area contributed by atoms with Crippen LogP contribution in [0.4, 0.5) is 0 Å². The van der Waals surface area contributed by atoms with Gasteiger partial charge in [-0.1, -0.05) is 12.2 Å². The topological polar surface area (TPSA) is 42.7 Å². The number of hydrogen-bond donors (Lipinski definition) is 1. The maximum absolute atomic E-state index is 6.61. The first-order valence-electron chi connectivity index (χ1n) is 6.09. The summed E-state index contributed by atoms with van der Waals surface area (Å²) in [6.07, 6.45) is 7.29. The Labute approximate surface area is 105 Å². The molecule has 0 aromatic rings. The van der Waals surface area contributed by atoms with E-state index in [0.717, 1.165) is 13.1 Å². The zero-order valence-electron chi connectivity index (χ0n) is 11.7. The van der Waals surface area contributed by atoms with Crippen molar-refractivity contribution in [3.63, 3.8) is 0 Å². The molecule has 0 aliphatic heterocycles. The summed E-state index contributed by atoms with van der Waals surface area (Å²) in [5.74, 6) is 0. The maximum atomic E-state index is 6.61. The number of allylic oxidation sites excluding steroid dienone is 2. The van der Waals surface area contributed by atoms with E-state index in [-0.39, 0.29) is 0 Å². The molecule has 1 unspecified atom stereocenters. The van der Waals surface area contributed by atoms with Crippen LogP contribution in [0.3, 0.4) is 0 Å². The first-order chi connectivity index (χ1) is 7.99. The third-order valence-corrected chi connectivity index (χ3v) is 3.04. The molecule has 0 fully saturated rings. The summed E-state index contributed by atoms with van der Waals surface area (Å²) in [5, 5.41) is 3.15. The minimum atomic E-state index is 0.394. The quantitative estimate of drug-likeness (QED) is 0.522. The SMILES string of the molecule is CC(C)N(C)CCN(C)C(C)/C=C/C=C\N=N. The lowest BCUT2D eigenvalue weighted by atomic mass is 10.2. The van der Waals surface area contributed by atoms with Crippen LogP contribution in [0.2, 0.25) is 0 Å². The van der Waals surface area contributed by atoms with Crippen molar-refractivity contribution in [2.45, 2.75) is 32.9 Å². The van der Waals surface area contributed by atoms with Gasteiger partial charge >= 0.3 is 0 Å². The Morgan fingerprint density at radius 3 is 2.18 bits per heavy atom. The predicted molar refractivity (Wildman–Crippen MR) is 73.3 cm³/mol. The van der Waals surface area contributed by atoms with Gasteiger partial charge in [0.1, 0.15) is 0 Å². The highest BCUT2D eigenvalue weighted by molar-refractivity contribution is 5.04. The van der Waals surface area contributed by atoms with Crippen LogP contribution < -0.4 is 0 Å². The molecule has 0 saturated carbocycles. The normalized spacial score (nSPS) is 14.6. The van der Waals surface area contributed by atoms with Crippen LogP contribution in [0.25, 0.3) is 0 Å². The molecule has 98 valence electrons. The molecule has 0 heterocycles.